The Bertz CT molecular complexity index is 429. The molecule has 2 aromatic rings. The maximum atomic E-state index is 4.82. The van der Waals surface area contributed by atoms with Crippen molar-refractivity contribution in [2.45, 2.75) is 69.2 Å². The number of hydrogen-bond donors (Lipinski definition) is 0. The first-order chi connectivity index (χ1) is 10.5. The maximum absolute atomic E-state index is 4.82. The molecule has 0 atom stereocenters. The van der Waals surface area contributed by atoms with Crippen LogP contribution in [0.1, 0.15) is 55.6 Å². The van der Waals surface area contributed by atoms with Gasteiger partial charge in [-0.15, -0.1) is 0 Å². The Morgan fingerprint density at radius 1 is 0.565 bits per heavy atom. The molecule has 0 saturated heterocycles. The average molecular weight is 514 g/mol. The Morgan fingerprint density at radius 3 is 0.826 bits per heavy atom. The minimum absolute atomic E-state index is 0.139. The molecule has 2 aromatic carbocycles. The fourth-order valence-corrected chi connectivity index (χ4v) is 2.81. The van der Waals surface area contributed by atoms with Gasteiger partial charge in [0.15, 0.2) is 0 Å². The molecule has 0 spiro atoms. The molecular formula is C20H30Cl2Yb-6. The van der Waals surface area contributed by atoms with Gasteiger partial charge in [0.05, 0.1) is 0 Å². The molecule has 0 aliphatic heterocycles. The molecule has 144 valence electrons. The summed E-state index contributed by atoms with van der Waals surface area (Å²) in [5.41, 5.74) is 14.7. The number of rotatable bonds is 0. The van der Waals surface area contributed by atoms with E-state index in [9.17, 15) is 0 Å². The van der Waals surface area contributed by atoms with Crippen LogP contribution in [0.25, 0.3) is 0 Å². The van der Waals surface area contributed by atoms with E-state index in [0.717, 1.165) is 0 Å². The first-order valence-electron chi connectivity index (χ1n) is 7.70. The van der Waals surface area contributed by atoms with E-state index >= 15 is 0 Å². The second kappa shape index (κ2) is 10.7. The fourth-order valence-electron chi connectivity index (χ4n) is 2.81. The average Bonchev–Trinajstić information content (AvgIpc) is 2.80. The first kappa shape index (κ1) is 23.8. The molecule has 0 unspecified atom stereocenters. The zero-order valence-corrected chi connectivity index (χ0v) is 19.2. The van der Waals surface area contributed by atoms with E-state index < -0.39 is 0 Å². The van der Waals surface area contributed by atoms with E-state index in [2.05, 4.69) is 69.2 Å². The van der Waals surface area contributed by atoms with Crippen LogP contribution in [0.5, 0.6) is 0 Å². The van der Waals surface area contributed by atoms with E-state index in [-0.39, 0.29) is 38.9 Å². The molecule has 0 N–H and O–H groups in total. The summed E-state index contributed by atoms with van der Waals surface area (Å²) in [6, 6.07) is 0. The molecule has 0 saturated carbocycles. The molecule has 0 bridgehead atoms. The Kier molecular flexibility index (Phi) is 11.1. The summed E-state index contributed by atoms with van der Waals surface area (Å²) in [6.45, 7) is 22.0. The fraction of sp³-hybridized carbons (Fsp3) is 0.500. The molecule has 2 rings (SSSR count). The van der Waals surface area contributed by atoms with Crippen LogP contribution in [0.15, 0.2) is 0 Å². The molecule has 0 aromatic heterocycles. The van der Waals surface area contributed by atoms with Gasteiger partial charge in [-0.05, 0) is 0 Å². The normalized spacial score (nSPS) is 10.1. The SMILES string of the molecule is C[c-]1[c-](C)[c-](C)[c-](C)[c-]1C.Cc1c(C)c(C)[c-](C)c1C.[Cl][Yb][Cl]. The van der Waals surface area contributed by atoms with E-state index in [1.54, 1.807) is 0 Å². The van der Waals surface area contributed by atoms with Gasteiger partial charge in [0, 0.05) is 0 Å². The van der Waals surface area contributed by atoms with Crippen molar-refractivity contribution in [3.8, 4) is 0 Å². The van der Waals surface area contributed by atoms with Gasteiger partial charge in [0.1, 0.15) is 0 Å². The van der Waals surface area contributed by atoms with E-state index in [0.29, 0.717) is 0 Å². The van der Waals surface area contributed by atoms with Gasteiger partial charge in [0.25, 0.3) is 0 Å². The van der Waals surface area contributed by atoms with Gasteiger partial charge in [-0.25, -0.2) is 34.6 Å². The first-order valence-corrected chi connectivity index (χ1v) is 12.0. The van der Waals surface area contributed by atoms with Crippen molar-refractivity contribution in [1.29, 1.82) is 0 Å². The quantitative estimate of drug-likeness (QED) is 0.325. The van der Waals surface area contributed by atoms with Gasteiger partial charge in [0.2, 0.25) is 0 Å². The molecule has 3 heteroatoms. The van der Waals surface area contributed by atoms with Crippen LogP contribution >= 0.6 is 9.27 Å². The van der Waals surface area contributed by atoms with E-state index in [1.165, 1.54) is 55.6 Å². The van der Waals surface area contributed by atoms with E-state index in [1.807, 2.05) is 0 Å². The van der Waals surface area contributed by atoms with Crippen LogP contribution < -0.4 is 0 Å². The van der Waals surface area contributed by atoms with Gasteiger partial charge in [-0.2, -0.15) is 27.8 Å². The molecular weight excluding hydrogens is 484 g/mol. The van der Waals surface area contributed by atoms with Crippen LogP contribution in [0, 0.1) is 108 Å². The summed E-state index contributed by atoms with van der Waals surface area (Å²) in [5.74, 6) is 0. The topological polar surface area (TPSA) is 0 Å². The van der Waals surface area contributed by atoms with Gasteiger partial charge in [-0.1, -0.05) is 34.6 Å². The Labute approximate surface area is 171 Å². The Hall–Kier alpha value is 0.799. The number of hydrogen-bond acceptors (Lipinski definition) is 0. The second-order valence-electron chi connectivity index (χ2n) is 6.29. The van der Waals surface area contributed by atoms with Gasteiger partial charge >= 0.3 is 48.2 Å². The molecule has 0 aliphatic rings. The van der Waals surface area contributed by atoms with Crippen molar-refractivity contribution in [2.75, 3.05) is 0 Å². The molecule has 23 heavy (non-hydrogen) atoms. The van der Waals surface area contributed by atoms with Crippen LogP contribution in [0.2, 0.25) is 0 Å². The standard InChI is InChI=1S/2C10H15.2ClH.Yb/c2*1-6-7(2)9(4)10(5)8(6)3;;;/h2*1-5H3;2*1H;/q-5;-1;;;+2/p-2. The monoisotopic (exact) mass is 514 g/mol. The zero-order chi connectivity index (χ0) is 18.5. The summed E-state index contributed by atoms with van der Waals surface area (Å²) >= 11 is -0.139. The molecule has 0 nitrogen and oxygen atoms in total. The van der Waals surface area contributed by atoms with Crippen molar-refractivity contribution in [3.63, 3.8) is 0 Å². The molecule has 0 fully saturated rings. The van der Waals surface area contributed by atoms with Gasteiger partial charge < -0.3 is 27.8 Å². The molecule has 0 heterocycles. The van der Waals surface area contributed by atoms with Gasteiger partial charge in [-0.3, -0.25) is 0 Å². The summed E-state index contributed by atoms with van der Waals surface area (Å²) < 4.78 is 9.64. The van der Waals surface area contributed by atoms with E-state index in [4.69, 9.17) is 9.27 Å². The number of halogens is 2. The predicted molar refractivity (Wildman–Crippen MR) is 103 cm³/mol. The summed E-state index contributed by atoms with van der Waals surface area (Å²) in [5, 5.41) is 0. The van der Waals surface area contributed by atoms with Crippen LogP contribution in [-0.2, 0) is 0 Å². The Balaban J connectivity index is 0.000000360. The second-order valence-corrected chi connectivity index (χ2v) is 8.80. The third-order valence-corrected chi connectivity index (χ3v) is 5.62. The van der Waals surface area contributed by atoms with Crippen LogP contribution in [0.4, 0.5) is 0 Å². The summed E-state index contributed by atoms with van der Waals surface area (Å²) in [4.78, 5) is 0. The van der Waals surface area contributed by atoms with Crippen molar-refractivity contribution in [1.82, 2.24) is 0 Å². The van der Waals surface area contributed by atoms with Crippen molar-refractivity contribution >= 4 is 9.27 Å². The predicted octanol–water partition coefficient (Wildman–Crippen LogP) is 7.27. The summed E-state index contributed by atoms with van der Waals surface area (Å²) in [6.07, 6.45) is 0. The third-order valence-electron chi connectivity index (χ3n) is 5.62. The third kappa shape index (κ3) is 5.93. The minimum atomic E-state index is -0.139. The molecule has 0 radical (unpaired) electrons. The molecule has 0 amide bonds. The molecule has 0 aliphatic carbocycles. The van der Waals surface area contributed by atoms with Crippen LogP contribution in [0.3, 0.4) is 0 Å². The summed E-state index contributed by atoms with van der Waals surface area (Å²) in [7, 11) is 0. The zero-order valence-electron chi connectivity index (χ0n) is 16.0. The van der Waals surface area contributed by atoms with Crippen molar-refractivity contribution in [3.05, 3.63) is 55.6 Å². The van der Waals surface area contributed by atoms with Crippen molar-refractivity contribution in [2.24, 2.45) is 0 Å². The van der Waals surface area contributed by atoms with Crippen LogP contribution in [-0.4, -0.2) is 0 Å². The Morgan fingerprint density at radius 2 is 0.739 bits per heavy atom. The van der Waals surface area contributed by atoms with Crippen molar-refractivity contribution < 1.29 is 38.9 Å².